The fraction of sp³-hybridized carbons (Fsp3) is 0.241. The van der Waals surface area contributed by atoms with E-state index in [1.165, 1.54) is 0 Å². The minimum absolute atomic E-state index is 0. The molecule has 180 valence electrons. The van der Waals surface area contributed by atoms with Gasteiger partial charge in [-0.05, 0) is 20.8 Å². The summed E-state index contributed by atoms with van der Waals surface area (Å²) in [4.78, 5) is 18.3. The Bertz CT molecular complexity index is 968. The second-order valence-electron chi connectivity index (χ2n) is 7.10. The molecule has 0 aromatic heterocycles. The Morgan fingerprint density at radius 3 is 2.08 bits per heavy atom. The molecule has 0 aliphatic carbocycles. The van der Waals surface area contributed by atoms with Crippen molar-refractivity contribution in [3.63, 3.8) is 0 Å². The van der Waals surface area contributed by atoms with Crippen LogP contribution in [0.3, 0.4) is 0 Å². The average Bonchev–Trinajstić information content (AvgIpc) is 2.88. The monoisotopic (exact) mass is 536 g/mol. The van der Waals surface area contributed by atoms with Gasteiger partial charge < -0.3 is 36.9 Å². The fourth-order valence-electron chi connectivity index (χ4n) is 2.46. The van der Waals surface area contributed by atoms with Crippen molar-refractivity contribution in [3.05, 3.63) is 108 Å². The molecule has 3 aromatic carbocycles. The Morgan fingerprint density at radius 2 is 1.67 bits per heavy atom. The summed E-state index contributed by atoms with van der Waals surface area (Å²) in [5, 5.41) is 18.2. The zero-order chi connectivity index (χ0) is 25.8. The summed E-state index contributed by atoms with van der Waals surface area (Å²) in [5.74, 6) is 2.47. The summed E-state index contributed by atoms with van der Waals surface area (Å²) in [7, 11) is 0. The molecule has 2 N–H and O–H groups in total. The van der Waals surface area contributed by atoms with Gasteiger partial charge in [0.2, 0.25) is 0 Å². The topological polar surface area (TPSA) is 83.8 Å². The summed E-state index contributed by atoms with van der Waals surface area (Å²) in [6.07, 6.45) is 8.69. The van der Waals surface area contributed by atoms with Gasteiger partial charge >= 0.3 is 103 Å². The molecule has 0 aliphatic heterocycles. The molecule has 0 heterocycles. The molecule has 3 aromatic rings. The molecule has 36 heavy (non-hydrogen) atoms. The van der Waals surface area contributed by atoms with Gasteiger partial charge in [-0.1, -0.05) is 47.6 Å². The molecule has 1 unspecified atom stereocenters. The first-order valence-corrected chi connectivity index (χ1v) is 10.4. The number of aliphatic hydroxyl groups excluding tert-OH is 1. The zero-order valence-corrected chi connectivity index (χ0v) is 28.0. The second-order valence-corrected chi connectivity index (χ2v) is 7.10. The van der Waals surface area contributed by atoms with Crippen LogP contribution in [0.25, 0.3) is 0 Å². The molecule has 0 amide bonds. The van der Waals surface area contributed by atoms with E-state index in [1.807, 2.05) is 50.1 Å². The number of benzene rings is 3. The van der Waals surface area contributed by atoms with Crippen molar-refractivity contribution in [1.29, 1.82) is 0 Å². The standard InChI is InChI=1S/C10H8O.C9H9O2.C9H11O.CH2O.2K/c1-3-9-7-5-6-8-10(9)11-4-2;10-6-9(7-11)8-4-2-1-3-5-8;1-9(2,10)8-6-4-3-5-7-8;1-2;;/h5,7-8H,4H2,2H3;1-5,9-10H,6H2;3-4,6-7,10H,1-2H3;1H2;;/q-2;2*-1;;2*+1. The van der Waals surface area contributed by atoms with Crippen LogP contribution in [0.1, 0.15) is 43.4 Å². The number of carbonyl (C=O) groups is 1. The predicted octanol–water partition coefficient (Wildman–Crippen LogP) is -1.77. The minimum Gasteiger partial charge on any atom is -0.568 e. The third-order valence-electron chi connectivity index (χ3n) is 4.20. The molecule has 0 spiro atoms. The quantitative estimate of drug-likeness (QED) is 0.222. The first-order chi connectivity index (χ1) is 16.4. The summed E-state index contributed by atoms with van der Waals surface area (Å²) in [5.41, 5.74) is 1.64. The van der Waals surface area contributed by atoms with Crippen LogP contribution in [-0.4, -0.2) is 36.5 Å². The third-order valence-corrected chi connectivity index (χ3v) is 4.20. The summed E-state index contributed by atoms with van der Waals surface area (Å²) < 4.78 is 5.21. The predicted molar refractivity (Wildman–Crippen MR) is 132 cm³/mol. The van der Waals surface area contributed by atoms with Gasteiger partial charge in [0.25, 0.3) is 0 Å². The van der Waals surface area contributed by atoms with Crippen LogP contribution >= 0.6 is 0 Å². The number of hydrogen-bond acceptors (Lipinski definition) is 5. The van der Waals surface area contributed by atoms with Crippen LogP contribution in [0, 0.1) is 24.5 Å². The van der Waals surface area contributed by atoms with E-state index in [0.717, 1.165) is 11.1 Å². The molecular weight excluding hydrogens is 507 g/mol. The van der Waals surface area contributed by atoms with E-state index in [2.05, 4.69) is 18.1 Å². The van der Waals surface area contributed by atoms with Crippen molar-refractivity contribution in [3.8, 4) is 11.7 Å². The maximum Gasteiger partial charge on any atom is 1.00 e. The van der Waals surface area contributed by atoms with Crippen LogP contribution in [0.15, 0.2) is 72.8 Å². The van der Waals surface area contributed by atoms with E-state index in [9.17, 15) is 9.90 Å². The Labute approximate surface area is 300 Å². The number of hydrogen-bond donors (Lipinski definition) is 2. The molecule has 0 aliphatic rings. The molecule has 1 atom stereocenters. The zero-order valence-electron chi connectivity index (χ0n) is 21.7. The Kier molecular flexibility index (Phi) is 27.7. The van der Waals surface area contributed by atoms with Gasteiger partial charge in [0.15, 0.2) is 0 Å². The van der Waals surface area contributed by atoms with Gasteiger partial charge in [0.05, 0.1) is 6.61 Å². The first kappa shape index (κ1) is 40.1. The van der Waals surface area contributed by atoms with E-state index >= 15 is 0 Å². The number of carbonyl (C=O) groups excluding carboxylic acids is 2. The van der Waals surface area contributed by atoms with Crippen molar-refractivity contribution in [2.75, 3.05) is 13.2 Å². The van der Waals surface area contributed by atoms with Crippen molar-refractivity contribution in [2.24, 2.45) is 0 Å². The molecule has 0 saturated carbocycles. The maximum absolute atomic E-state index is 10.3. The van der Waals surface area contributed by atoms with E-state index in [-0.39, 0.29) is 109 Å². The summed E-state index contributed by atoms with van der Waals surface area (Å²) in [6.45, 7) is 7.85. The third kappa shape index (κ3) is 17.1. The van der Waals surface area contributed by atoms with Crippen molar-refractivity contribution in [2.45, 2.75) is 32.3 Å². The van der Waals surface area contributed by atoms with Gasteiger partial charge in [-0.15, -0.1) is 5.56 Å². The van der Waals surface area contributed by atoms with Crippen LogP contribution in [-0.2, 0) is 15.2 Å². The first-order valence-electron chi connectivity index (χ1n) is 10.4. The molecule has 0 fully saturated rings. The number of aliphatic hydroxyl groups is 2. The summed E-state index contributed by atoms with van der Waals surface area (Å²) in [6, 6.07) is 27.4. The van der Waals surface area contributed by atoms with Gasteiger partial charge in [0.1, 0.15) is 6.79 Å². The van der Waals surface area contributed by atoms with Crippen molar-refractivity contribution < 1.29 is 127 Å². The minimum atomic E-state index is -0.738. The van der Waals surface area contributed by atoms with Crippen molar-refractivity contribution >= 4 is 13.1 Å². The van der Waals surface area contributed by atoms with Crippen LogP contribution in [0.5, 0.6) is 5.75 Å². The molecule has 3 rings (SSSR count). The summed E-state index contributed by atoms with van der Waals surface area (Å²) >= 11 is 0. The fourth-order valence-corrected chi connectivity index (χ4v) is 2.46. The van der Waals surface area contributed by atoms with E-state index in [1.54, 1.807) is 56.5 Å². The largest absolute Gasteiger partial charge is 1.00 e. The van der Waals surface area contributed by atoms with E-state index in [4.69, 9.17) is 21.1 Å². The van der Waals surface area contributed by atoms with E-state index < -0.39 is 11.5 Å². The molecule has 5 nitrogen and oxygen atoms in total. The van der Waals surface area contributed by atoms with Gasteiger partial charge in [-0.25, -0.2) is 11.6 Å². The van der Waals surface area contributed by atoms with Crippen LogP contribution in [0.2, 0.25) is 0 Å². The van der Waals surface area contributed by atoms with Gasteiger partial charge in [0, 0.05) is 12.2 Å². The molecule has 0 bridgehead atoms. The maximum atomic E-state index is 10.3. The normalized spacial score (nSPS) is 9.78. The average molecular weight is 537 g/mol. The Morgan fingerprint density at radius 1 is 1.06 bits per heavy atom. The van der Waals surface area contributed by atoms with Crippen molar-refractivity contribution in [1.82, 2.24) is 0 Å². The smallest absolute Gasteiger partial charge is 0.568 e. The van der Waals surface area contributed by atoms with Crippen LogP contribution < -0.4 is 108 Å². The Hall–Kier alpha value is -0.447. The molecule has 7 heteroatoms. The van der Waals surface area contributed by atoms with E-state index in [0.29, 0.717) is 17.9 Å². The number of rotatable bonds is 6. The SMILES string of the molecule is C=O.CC(C)(O)c1c[c-]ccc1.O=[C-]C(CO)c1ccccc1.[C-]#Cc1cc[c-]cc1OCC.[K+].[K+]. The van der Waals surface area contributed by atoms with Crippen LogP contribution in [0.4, 0.5) is 0 Å². The number of ether oxygens (including phenoxy) is 1. The molecular formula is C29H30K2O5-2. The molecule has 0 saturated heterocycles. The van der Waals surface area contributed by atoms with Gasteiger partial charge in [-0.3, -0.25) is 6.29 Å². The van der Waals surface area contributed by atoms with Gasteiger partial charge in [-0.2, -0.15) is 48.5 Å². The second kappa shape index (κ2) is 24.9. The molecule has 0 radical (unpaired) electrons. The Balaban J connectivity index is -0.000000427.